The number of nitrogens with one attached hydrogen (secondary N) is 1. The maximum absolute atomic E-state index is 11.7. The minimum absolute atomic E-state index is 0.131. The number of thiazole rings is 1. The number of aromatic carboxylic acids is 1. The molecule has 1 aromatic heterocycles. The largest absolute Gasteiger partial charge is 0.477 e. The second-order valence-electron chi connectivity index (χ2n) is 4.52. The van der Waals surface area contributed by atoms with Crippen LogP contribution < -0.4 is 5.32 Å². The van der Waals surface area contributed by atoms with E-state index in [9.17, 15) is 14.7 Å². The zero-order valence-electron chi connectivity index (χ0n) is 11.6. The van der Waals surface area contributed by atoms with Crippen molar-refractivity contribution < 1.29 is 14.7 Å². The Labute approximate surface area is 126 Å². The standard InChI is InChI=1S/C15H16N2O3S/c1-2-3-9-11(18)16-15-17-12(13(21-15)14(19)20)10-7-5-4-6-8-10/h4-8H,2-3,9H2,1H3,(H,19,20)(H,16,17,18). The van der Waals surface area contributed by atoms with Crippen LogP contribution in [0.5, 0.6) is 0 Å². The Morgan fingerprint density at radius 2 is 2.00 bits per heavy atom. The molecular weight excluding hydrogens is 288 g/mol. The second kappa shape index (κ2) is 6.99. The number of unbranched alkanes of at least 4 members (excludes halogenated alkanes) is 1. The van der Waals surface area contributed by atoms with E-state index in [1.807, 2.05) is 25.1 Å². The predicted octanol–water partition coefficient (Wildman–Crippen LogP) is 3.64. The summed E-state index contributed by atoms with van der Waals surface area (Å²) in [5, 5.41) is 12.3. The molecule has 5 nitrogen and oxygen atoms in total. The Bertz CT molecular complexity index is 638. The summed E-state index contributed by atoms with van der Waals surface area (Å²) < 4.78 is 0. The van der Waals surface area contributed by atoms with Crippen molar-refractivity contribution in [2.45, 2.75) is 26.2 Å². The van der Waals surface area contributed by atoms with Gasteiger partial charge >= 0.3 is 5.97 Å². The molecule has 21 heavy (non-hydrogen) atoms. The monoisotopic (exact) mass is 304 g/mol. The highest BCUT2D eigenvalue weighted by atomic mass is 32.1. The van der Waals surface area contributed by atoms with Gasteiger partial charge in [-0.1, -0.05) is 55.0 Å². The Hall–Kier alpha value is -2.21. The molecule has 2 N–H and O–H groups in total. The molecule has 0 bridgehead atoms. The molecule has 1 heterocycles. The maximum atomic E-state index is 11.7. The molecule has 0 saturated heterocycles. The molecule has 0 fully saturated rings. The lowest BCUT2D eigenvalue weighted by molar-refractivity contribution is -0.116. The fraction of sp³-hybridized carbons (Fsp3) is 0.267. The second-order valence-corrected chi connectivity index (χ2v) is 5.52. The summed E-state index contributed by atoms with van der Waals surface area (Å²) in [6.07, 6.45) is 2.15. The normalized spacial score (nSPS) is 10.3. The zero-order valence-corrected chi connectivity index (χ0v) is 12.4. The summed E-state index contributed by atoms with van der Waals surface area (Å²) in [5.74, 6) is -1.18. The van der Waals surface area contributed by atoms with E-state index in [1.165, 1.54) is 0 Å². The predicted molar refractivity (Wildman–Crippen MR) is 82.7 cm³/mol. The molecule has 1 amide bonds. The quantitative estimate of drug-likeness (QED) is 0.854. The van der Waals surface area contributed by atoms with Crippen molar-refractivity contribution in [2.75, 3.05) is 5.32 Å². The minimum atomic E-state index is -1.04. The number of carboxylic acid groups (broad SMARTS) is 1. The molecule has 0 saturated carbocycles. The number of nitrogens with zero attached hydrogens (tertiary/aromatic N) is 1. The first-order valence-corrected chi connectivity index (χ1v) is 7.53. The van der Waals surface area contributed by atoms with Crippen molar-refractivity contribution in [1.82, 2.24) is 4.98 Å². The van der Waals surface area contributed by atoms with Crippen molar-refractivity contribution in [3.8, 4) is 11.3 Å². The first-order chi connectivity index (χ1) is 10.1. The van der Waals surface area contributed by atoms with Crippen LogP contribution in [-0.2, 0) is 4.79 Å². The lowest BCUT2D eigenvalue weighted by Crippen LogP contribution is -2.10. The van der Waals surface area contributed by atoms with Gasteiger partial charge in [0.25, 0.3) is 0 Å². The Morgan fingerprint density at radius 1 is 1.29 bits per heavy atom. The number of carbonyl (C=O) groups excluding carboxylic acids is 1. The first-order valence-electron chi connectivity index (χ1n) is 6.71. The van der Waals surface area contributed by atoms with Crippen molar-refractivity contribution in [3.05, 3.63) is 35.2 Å². The van der Waals surface area contributed by atoms with E-state index in [-0.39, 0.29) is 10.8 Å². The third-order valence-corrected chi connectivity index (χ3v) is 3.83. The number of anilines is 1. The molecule has 0 atom stereocenters. The highest BCUT2D eigenvalue weighted by Crippen LogP contribution is 2.31. The Morgan fingerprint density at radius 3 is 2.62 bits per heavy atom. The highest BCUT2D eigenvalue weighted by molar-refractivity contribution is 7.18. The van der Waals surface area contributed by atoms with Gasteiger partial charge in [-0.15, -0.1) is 0 Å². The van der Waals surface area contributed by atoms with Crippen molar-refractivity contribution in [1.29, 1.82) is 0 Å². The molecule has 0 radical (unpaired) electrons. The smallest absolute Gasteiger partial charge is 0.348 e. The molecule has 0 unspecified atom stereocenters. The summed E-state index contributed by atoms with van der Waals surface area (Å²) in [7, 11) is 0. The molecule has 0 spiro atoms. The van der Waals surface area contributed by atoms with E-state index in [4.69, 9.17) is 0 Å². The molecule has 2 aromatic rings. The molecule has 0 aliphatic heterocycles. The number of carbonyl (C=O) groups is 2. The van der Waals surface area contributed by atoms with Gasteiger partial charge in [0.15, 0.2) is 5.13 Å². The number of hydrogen-bond donors (Lipinski definition) is 2. The number of hydrogen-bond acceptors (Lipinski definition) is 4. The number of benzene rings is 1. The average molecular weight is 304 g/mol. The van der Waals surface area contributed by atoms with Crippen LogP contribution in [0.4, 0.5) is 5.13 Å². The lowest BCUT2D eigenvalue weighted by atomic mass is 10.1. The van der Waals surface area contributed by atoms with Crippen LogP contribution in [-0.4, -0.2) is 22.0 Å². The third kappa shape index (κ3) is 3.88. The van der Waals surface area contributed by atoms with Crippen LogP contribution in [0.15, 0.2) is 30.3 Å². The summed E-state index contributed by atoms with van der Waals surface area (Å²) in [6, 6.07) is 9.08. The summed E-state index contributed by atoms with van der Waals surface area (Å²) in [5.41, 5.74) is 1.11. The van der Waals surface area contributed by atoms with Gasteiger partial charge in [0.05, 0.1) is 5.69 Å². The van der Waals surface area contributed by atoms with Gasteiger partial charge in [0, 0.05) is 12.0 Å². The van der Waals surface area contributed by atoms with E-state index >= 15 is 0 Å². The summed E-state index contributed by atoms with van der Waals surface area (Å²) >= 11 is 0.982. The van der Waals surface area contributed by atoms with E-state index in [0.717, 1.165) is 29.7 Å². The van der Waals surface area contributed by atoms with Crippen LogP contribution >= 0.6 is 11.3 Å². The van der Waals surface area contributed by atoms with Gasteiger partial charge in [0.1, 0.15) is 4.88 Å². The Balaban J connectivity index is 2.26. The molecule has 0 aliphatic rings. The Kier molecular flexibility index (Phi) is 5.05. The molecule has 6 heteroatoms. The van der Waals surface area contributed by atoms with Gasteiger partial charge in [-0.25, -0.2) is 9.78 Å². The van der Waals surface area contributed by atoms with Crippen LogP contribution in [0.2, 0.25) is 0 Å². The number of rotatable bonds is 6. The highest BCUT2D eigenvalue weighted by Gasteiger charge is 2.19. The fourth-order valence-electron chi connectivity index (χ4n) is 1.83. The molecule has 1 aromatic carbocycles. The molecule has 2 rings (SSSR count). The molecule has 0 aliphatic carbocycles. The first kappa shape index (κ1) is 15.2. The number of aromatic nitrogens is 1. The van der Waals surface area contributed by atoms with Gasteiger partial charge in [-0.3, -0.25) is 4.79 Å². The summed E-state index contributed by atoms with van der Waals surface area (Å²) in [6.45, 7) is 2.01. The minimum Gasteiger partial charge on any atom is -0.477 e. The van der Waals surface area contributed by atoms with Gasteiger partial charge in [-0.05, 0) is 6.42 Å². The molecular formula is C15H16N2O3S. The SMILES string of the molecule is CCCCC(=O)Nc1nc(-c2ccccc2)c(C(=O)O)s1. The van der Waals surface area contributed by atoms with Gasteiger partial charge in [-0.2, -0.15) is 0 Å². The van der Waals surface area contributed by atoms with E-state index < -0.39 is 5.97 Å². The fourth-order valence-corrected chi connectivity index (χ4v) is 2.67. The average Bonchev–Trinajstić information content (AvgIpc) is 2.90. The lowest BCUT2D eigenvalue weighted by Gasteiger charge is -1.99. The number of carboxylic acids is 1. The van der Waals surface area contributed by atoms with E-state index in [0.29, 0.717) is 17.2 Å². The van der Waals surface area contributed by atoms with E-state index in [2.05, 4.69) is 10.3 Å². The van der Waals surface area contributed by atoms with Gasteiger partial charge in [0.2, 0.25) is 5.91 Å². The number of amides is 1. The van der Waals surface area contributed by atoms with Crippen molar-refractivity contribution in [3.63, 3.8) is 0 Å². The van der Waals surface area contributed by atoms with Crippen molar-refractivity contribution >= 4 is 28.3 Å². The van der Waals surface area contributed by atoms with Crippen LogP contribution in [0.25, 0.3) is 11.3 Å². The molecule has 110 valence electrons. The third-order valence-electron chi connectivity index (χ3n) is 2.87. The summed E-state index contributed by atoms with van der Waals surface area (Å²) in [4.78, 5) is 27.4. The van der Waals surface area contributed by atoms with Gasteiger partial charge < -0.3 is 10.4 Å². The van der Waals surface area contributed by atoms with Crippen LogP contribution in [0, 0.1) is 0 Å². The topological polar surface area (TPSA) is 79.3 Å². The maximum Gasteiger partial charge on any atom is 0.348 e. The van der Waals surface area contributed by atoms with Crippen LogP contribution in [0.1, 0.15) is 35.9 Å². The van der Waals surface area contributed by atoms with Crippen molar-refractivity contribution in [2.24, 2.45) is 0 Å². The van der Waals surface area contributed by atoms with E-state index in [1.54, 1.807) is 12.1 Å². The zero-order chi connectivity index (χ0) is 15.2. The van der Waals surface area contributed by atoms with Crippen LogP contribution in [0.3, 0.4) is 0 Å².